The van der Waals surface area contributed by atoms with Gasteiger partial charge in [-0.2, -0.15) is 0 Å². The van der Waals surface area contributed by atoms with Crippen LogP contribution in [0.15, 0.2) is 36.5 Å². The van der Waals surface area contributed by atoms with E-state index in [-0.39, 0.29) is 18.5 Å². The summed E-state index contributed by atoms with van der Waals surface area (Å²) in [7, 11) is 5.40. The van der Waals surface area contributed by atoms with Gasteiger partial charge in [0.15, 0.2) is 0 Å². The smallest absolute Gasteiger partial charge is 0.317 e. The van der Waals surface area contributed by atoms with Gasteiger partial charge in [0, 0.05) is 50.8 Å². The standard InChI is InChI=1S/C19H23N5O2/c1-23(2)19(26)21-12-16-11-14(6-8-20-16)18(25)22-15-4-5-17-13(10-15)7-9-24(17)3/h4-6,8,10-11H,7,9,12H2,1-3H3,(H,21,26)(H,22,25). The van der Waals surface area contributed by atoms with Crippen LogP contribution in [0.5, 0.6) is 0 Å². The maximum absolute atomic E-state index is 12.5. The number of benzene rings is 1. The van der Waals surface area contributed by atoms with Gasteiger partial charge in [-0.3, -0.25) is 9.78 Å². The predicted molar refractivity (Wildman–Crippen MR) is 102 cm³/mol. The van der Waals surface area contributed by atoms with E-state index in [1.54, 1.807) is 32.4 Å². The molecule has 2 heterocycles. The first-order valence-corrected chi connectivity index (χ1v) is 8.49. The number of nitrogens with one attached hydrogen (secondary N) is 2. The molecule has 7 nitrogen and oxygen atoms in total. The Labute approximate surface area is 153 Å². The molecule has 2 N–H and O–H groups in total. The van der Waals surface area contributed by atoms with Crippen molar-refractivity contribution in [2.45, 2.75) is 13.0 Å². The summed E-state index contributed by atoms with van der Waals surface area (Å²) in [4.78, 5) is 32.0. The van der Waals surface area contributed by atoms with Crippen LogP contribution in [0.1, 0.15) is 21.6 Å². The van der Waals surface area contributed by atoms with Gasteiger partial charge < -0.3 is 20.4 Å². The molecule has 0 aliphatic carbocycles. The van der Waals surface area contributed by atoms with E-state index in [2.05, 4.69) is 27.6 Å². The number of carbonyl (C=O) groups is 2. The number of hydrogen-bond donors (Lipinski definition) is 2. The molecule has 0 atom stereocenters. The Morgan fingerprint density at radius 2 is 2.04 bits per heavy atom. The molecule has 0 unspecified atom stereocenters. The number of pyridine rings is 1. The molecule has 1 aromatic carbocycles. The molecule has 136 valence electrons. The molecule has 1 aromatic heterocycles. The van der Waals surface area contributed by atoms with Gasteiger partial charge in [0.1, 0.15) is 0 Å². The minimum absolute atomic E-state index is 0.195. The third-order valence-electron chi connectivity index (χ3n) is 4.37. The van der Waals surface area contributed by atoms with Crippen molar-refractivity contribution in [2.75, 3.05) is 37.9 Å². The van der Waals surface area contributed by atoms with Gasteiger partial charge >= 0.3 is 6.03 Å². The van der Waals surface area contributed by atoms with Crippen molar-refractivity contribution in [2.24, 2.45) is 0 Å². The summed E-state index contributed by atoms with van der Waals surface area (Å²) < 4.78 is 0. The van der Waals surface area contributed by atoms with Crippen LogP contribution in [-0.4, -0.2) is 49.5 Å². The van der Waals surface area contributed by atoms with E-state index in [4.69, 9.17) is 0 Å². The number of nitrogens with zero attached hydrogens (tertiary/aromatic N) is 3. The maximum Gasteiger partial charge on any atom is 0.317 e. The van der Waals surface area contributed by atoms with Crippen LogP contribution in [0.25, 0.3) is 0 Å². The zero-order valence-electron chi connectivity index (χ0n) is 15.2. The lowest BCUT2D eigenvalue weighted by Crippen LogP contribution is -2.34. The van der Waals surface area contributed by atoms with E-state index in [9.17, 15) is 9.59 Å². The molecule has 0 bridgehead atoms. The molecule has 1 aliphatic rings. The molecule has 0 spiro atoms. The molecule has 0 fully saturated rings. The number of aromatic nitrogens is 1. The lowest BCUT2D eigenvalue weighted by atomic mass is 10.1. The highest BCUT2D eigenvalue weighted by atomic mass is 16.2. The molecule has 0 radical (unpaired) electrons. The van der Waals surface area contributed by atoms with Gasteiger partial charge in [0.25, 0.3) is 5.91 Å². The summed E-state index contributed by atoms with van der Waals surface area (Å²) in [6.07, 6.45) is 2.56. The Kier molecular flexibility index (Phi) is 5.06. The van der Waals surface area contributed by atoms with Gasteiger partial charge in [-0.1, -0.05) is 0 Å². The normalized spacial score (nSPS) is 12.5. The zero-order valence-corrected chi connectivity index (χ0v) is 15.2. The number of amides is 3. The Bertz CT molecular complexity index is 834. The van der Waals surface area contributed by atoms with E-state index in [1.807, 2.05) is 18.2 Å². The fourth-order valence-electron chi connectivity index (χ4n) is 2.89. The Hall–Kier alpha value is -3.09. The molecular weight excluding hydrogens is 330 g/mol. The number of urea groups is 1. The van der Waals surface area contributed by atoms with Crippen molar-refractivity contribution in [3.63, 3.8) is 0 Å². The molecule has 3 rings (SSSR count). The Morgan fingerprint density at radius 1 is 1.23 bits per heavy atom. The Morgan fingerprint density at radius 3 is 2.81 bits per heavy atom. The van der Waals surface area contributed by atoms with Crippen molar-refractivity contribution in [1.82, 2.24) is 15.2 Å². The van der Waals surface area contributed by atoms with Gasteiger partial charge in [-0.05, 0) is 42.3 Å². The van der Waals surface area contributed by atoms with Gasteiger partial charge in [-0.15, -0.1) is 0 Å². The second kappa shape index (κ2) is 7.43. The molecule has 2 aromatic rings. The van der Waals surface area contributed by atoms with Crippen molar-refractivity contribution < 1.29 is 9.59 Å². The van der Waals surface area contributed by atoms with Crippen molar-refractivity contribution in [3.05, 3.63) is 53.3 Å². The lowest BCUT2D eigenvalue weighted by Gasteiger charge is -2.13. The highest BCUT2D eigenvalue weighted by molar-refractivity contribution is 6.04. The number of carbonyl (C=O) groups excluding carboxylic acids is 2. The molecule has 0 saturated heterocycles. The fraction of sp³-hybridized carbons (Fsp3) is 0.316. The minimum Gasteiger partial charge on any atom is -0.374 e. The van der Waals surface area contributed by atoms with E-state index in [1.165, 1.54) is 16.2 Å². The quantitative estimate of drug-likeness (QED) is 0.882. The topological polar surface area (TPSA) is 77.6 Å². The number of fused-ring (bicyclic) bond motifs is 1. The predicted octanol–water partition coefficient (Wildman–Crippen LogP) is 2.10. The summed E-state index contributed by atoms with van der Waals surface area (Å²) in [6.45, 7) is 1.27. The van der Waals surface area contributed by atoms with Gasteiger partial charge in [-0.25, -0.2) is 4.79 Å². The average Bonchev–Trinajstić information content (AvgIpc) is 3.00. The lowest BCUT2D eigenvalue weighted by molar-refractivity contribution is 0.102. The molecule has 26 heavy (non-hydrogen) atoms. The number of hydrogen-bond acceptors (Lipinski definition) is 4. The fourth-order valence-corrected chi connectivity index (χ4v) is 2.89. The van der Waals surface area contributed by atoms with Crippen LogP contribution in [0, 0.1) is 0 Å². The first-order chi connectivity index (χ1) is 12.4. The summed E-state index contributed by atoms with van der Waals surface area (Å²) in [5, 5.41) is 5.67. The zero-order chi connectivity index (χ0) is 18.7. The van der Waals surface area contributed by atoms with E-state index in [0.29, 0.717) is 11.3 Å². The van der Waals surface area contributed by atoms with Crippen LogP contribution in [0.4, 0.5) is 16.2 Å². The number of likely N-dealkylation sites (N-methyl/N-ethyl adjacent to an activating group) is 1. The van der Waals surface area contributed by atoms with Crippen LogP contribution in [0.3, 0.4) is 0 Å². The van der Waals surface area contributed by atoms with E-state index >= 15 is 0 Å². The van der Waals surface area contributed by atoms with E-state index in [0.717, 1.165) is 18.7 Å². The third kappa shape index (κ3) is 3.93. The first kappa shape index (κ1) is 17.7. The van der Waals surface area contributed by atoms with Crippen LogP contribution in [0.2, 0.25) is 0 Å². The third-order valence-corrected chi connectivity index (χ3v) is 4.37. The maximum atomic E-state index is 12.5. The molecule has 0 saturated carbocycles. The van der Waals surface area contributed by atoms with Gasteiger partial charge in [0.2, 0.25) is 0 Å². The summed E-state index contributed by atoms with van der Waals surface area (Å²) in [6, 6.07) is 9.12. The summed E-state index contributed by atoms with van der Waals surface area (Å²) >= 11 is 0. The van der Waals surface area contributed by atoms with Crippen molar-refractivity contribution in [3.8, 4) is 0 Å². The van der Waals surface area contributed by atoms with Crippen LogP contribution in [-0.2, 0) is 13.0 Å². The second-order valence-electron chi connectivity index (χ2n) is 6.56. The molecule has 1 aliphatic heterocycles. The number of rotatable bonds is 4. The van der Waals surface area contributed by atoms with Crippen LogP contribution >= 0.6 is 0 Å². The summed E-state index contributed by atoms with van der Waals surface area (Å²) in [5.74, 6) is -0.195. The monoisotopic (exact) mass is 353 g/mol. The first-order valence-electron chi connectivity index (χ1n) is 8.49. The molecular formula is C19H23N5O2. The molecule has 7 heteroatoms. The number of anilines is 2. The largest absolute Gasteiger partial charge is 0.374 e. The van der Waals surface area contributed by atoms with Crippen molar-refractivity contribution in [1.29, 1.82) is 0 Å². The SMILES string of the molecule is CN(C)C(=O)NCc1cc(C(=O)Nc2ccc3c(c2)CCN3C)ccn1. The van der Waals surface area contributed by atoms with Crippen molar-refractivity contribution >= 4 is 23.3 Å². The minimum atomic E-state index is -0.204. The highest BCUT2D eigenvalue weighted by Crippen LogP contribution is 2.29. The average molecular weight is 353 g/mol. The van der Waals surface area contributed by atoms with Gasteiger partial charge in [0.05, 0.1) is 12.2 Å². The second-order valence-corrected chi connectivity index (χ2v) is 6.56. The van der Waals surface area contributed by atoms with Crippen LogP contribution < -0.4 is 15.5 Å². The summed E-state index contributed by atoms with van der Waals surface area (Å²) in [5.41, 5.74) is 4.37. The Balaban J connectivity index is 1.67. The van der Waals surface area contributed by atoms with E-state index < -0.39 is 0 Å². The molecule has 3 amide bonds. The highest BCUT2D eigenvalue weighted by Gasteiger charge is 2.16.